The molecule has 0 aliphatic heterocycles. The molecule has 1 amide bonds. The lowest BCUT2D eigenvalue weighted by Gasteiger charge is -2.16. The van der Waals surface area contributed by atoms with Crippen molar-refractivity contribution < 1.29 is 37.0 Å². The fourth-order valence-corrected chi connectivity index (χ4v) is 4.85. The minimum absolute atomic E-state index is 0.205. The number of hydrogen-bond acceptors (Lipinski definition) is 6. The Kier molecular flexibility index (Phi) is 7.80. The number of aromatic nitrogens is 6. The predicted molar refractivity (Wildman–Crippen MR) is 145 cm³/mol. The van der Waals surface area contributed by atoms with Gasteiger partial charge >= 0.3 is 6.18 Å². The van der Waals surface area contributed by atoms with Crippen LogP contribution in [0.1, 0.15) is 41.1 Å². The molecule has 43 heavy (non-hydrogen) atoms. The largest absolute Gasteiger partial charge is 0.496 e. The number of nitrogens with zero attached hydrogens (tertiary/aromatic N) is 6. The van der Waals surface area contributed by atoms with E-state index in [0.717, 1.165) is 15.6 Å². The number of benzene rings is 2. The van der Waals surface area contributed by atoms with E-state index < -0.39 is 29.6 Å². The van der Waals surface area contributed by atoms with Crippen LogP contribution in [0.15, 0.2) is 67.3 Å². The van der Waals surface area contributed by atoms with E-state index in [0.29, 0.717) is 34.4 Å². The molecule has 222 valence electrons. The van der Waals surface area contributed by atoms with Crippen LogP contribution in [0.25, 0.3) is 27.9 Å². The maximum absolute atomic E-state index is 14.4. The van der Waals surface area contributed by atoms with E-state index in [1.807, 2.05) is 6.92 Å². The number of halogens is 5. The molecule has 0 radical (unpaired) electrons. The monoisotopic (exact) mass is 616 g/mol. The number of ether oxygens (including phenoxy) is 1. The topological polar surface area (TPSA) is 125 Å². The Morgan fingerprint density at radius 3 is 2.53 bits per heavy atom. The molecule has 3 heterocycles. The van der Waals surface area contributed by atoms with Gasteiger partial charge in [-0.3, -0.25) is 14.7 Å². The third-order valence-electron chi connectivity index (χ3n) is 6.78. The lowest BCUT2D eigenvalue weighted by Crippen LogP contribution is -2.38. The second-order valence-corrected chi connectivity index (χ2v) is 9.86. The van der Waals surface area contributed by atoms with Crippen LogP contribution in [0.3, 0.4) is 0 Å². The van der Waals surface area contributed by atoms with Crippen LogP contribution in [-0.2, 0) is 6.18 Å². The van der Waals surface area contributed by atoms with Gasteiger partial charge in [-0.25, -0.2) is 9.07 Å². The van der Waals surface area contributed by atoms with Crippen molar-refractivity contribution in [3.05, 3.63) is 95.0 Å². The van der Waals surface area contributed by atoms with Gasteiger partial charge < -0.3 is 10.5 Å². The molecule has 0 aliphatic rings. The summed E-state index contributed by atoms with van der Waals surface area (Å²) in [6, 6.07) is 9.52. The minimum atomic E-state index is -4.69. The van der Waals surface area contributed by atoms with Crippen molar-refractivity contribution in [3.63, 3.8) is 0 Å². The summed E-state index contributed by atoms with van der Waals surface area (Å²) in [5, 5.41) is 22.7. The molecule has 1 atom stereocenters. The Bertz CT molecular complexity index is 1840. The highest BCUT2D eigenvalue weighted by Crippen LogP contribution is 2.37. The van der Waals surface area contributed by atoms with Crippen molar-refractivity contribution in [2.45, 2.75) is 25.6 Å². The standard InChI is InChI=1S/C28H22ClF4N7O3/c1-3-22(38-12-16(11-35-38)15-4-6-18(27(34)41)21(30)8-15)24-10-25(43-2)20(13-40(24)42)19-9-17(29)5-7-23(19)39-14-26(36-37-39)28(31,32)33/h4-14,22H,3H2,1-2H3,(H2-,34,41,42)/p+1/t22-/m1/s1. The van der Waals surface area contributed by atoms with Crippen molar-refractivity contribution in [1.82, 2.24) is 24.8 Å². The zero-order valence-corrected chi connectivity index (χ0v) is 23.3. The number of amides is 1. The molecule has 5 aromatic rings. The lowest BCUT2D eigenvalue weighted by atomic mass is 10.0. The van der Waals surface area contributed by atoms with E-state index in [1.54, 1.807) is 23.0 Å². The molecular formula is C28H23ClF4N7O3+. The second kappa shape index (κ2) is 11.4. The van der Waals surface area contributed by atoms with Crippen LogP contribution in [0.4, 0.5) is 17.6 Å². The Labute approximate surface area is 246 Å². The fourth-order valence-electron chi connectivity index (χ4n) is 4.68. The van der Waals surface area contributed by atoms with Gasteiger partial charge in [0.05, 0.1) is 42.4 Å². The molecule has 0 bridgehead atoms. The van der Waals surface area contributed by atoms with Crippen molar-refractivity contribution >= 4 is 17.5 Å². The molecule has 0 aliphatic carbocycles. The molecule has 5 rings (SSSR count). The lowest BCUT2D eigenvalue weighted by molar-refractivity contribution is -0.910. The highest BCUT2D eigenvalue weighted by Gasteiger charge is 2.35. The van der Waals surface area contributed by atoms with Gasteiger partial charge in [0.2, 0.25) is 6.20 Å². The first-order valence-electron chi connectivity index (χ1n) is 12.7. The summed E-state index contributed by atoms with van der Waals surface area (Å²) < 4.78 is 63.0. The normalized spacial score (nSPS) is 12.3. The summed E-state index contributed by atoms with van der Waals surface area (Å²) in [5.74, 6) is -1.37. The van der Waals surface area contributed by atoms with Gasteiger partial charge in [-0.15, -0.1) is 5.10 Å². The molecule has 0 unspecified atom stereocenters. The maximum Gasteiger partial charge on any atom is 0.436 e. The molecular weight excluding hydrogens is 594 g/mol. The number of rotatable bonds is 8. The maximum atomic E-state index is 14.4. The Hall–Kier alpha value is -4.98. The molecule has 3 aromatic heterocycles. The van der Waals surface area contributed by atoms with Gasteiger partial charge in [-0.2, -0.15) is 18.3 Å². The zero-order chi connectivity index (χ0) is 31.1. The summed E-state index contributed by atoms with van der Waals surface area (Å²) in [6.45, 7) is 1.87. The van der Waals surface area contributed by atoms with Crippen LogP contribution in [0.2, 0.25) is 5.02 Å². The Balaban J connectivity index is 1.55. The van der Waals surface area contributed by atoms with Crippen LogP contribution >= 0.6 is 11.6 Å². The molecule has 3 N–H and O–H groups in total. The van der Waals surface area contributed by atoms with E-state index in [9.17, 15) is 27.6 Å². The highest BCUT2D eigenvalue weighted by molar-refractivity contribution is 6.31. The molecule has 0 fully saturated rings. The summed E-state index contributed by atoms with van der Waals surface area (Å²) in [7, 11) is 1.41. The van der Waals surface area contributed by atoms with Gasteiger partial charge in [0, 0.05) is 27.1 Å². The third kappa shape index (κ3) is 5.73. The van der Waals surface area contributed by atoms with E-state index in [2.05, 4.69) is 15.4 Å². The molecule has 10 nitrogen and oxygen atoms in total. The molecule has 0 saturated carbocycles. The number of hydrogen-bond donors (Lipinski definition) is 2. The van der Waals surface area contributed by atoms with Crippen molar-refractivity contribution in [1.29, 1.82) is 0 Å². The van der Waals surface area contributed by atoms with Crippen LogP contribution in [0, 0.1) is 5.82 Å². The van der Waals surface area contributed by atoms with Crippen LogP contribution < -0.4 is 15.2 Å². The first-order valence-corrected chi connectivity index (χ1v) is 13.1. The number of methoxy groups -OCH3 is 1. The average molecular weight is 617 g/mol. The Morgan fingerprint density at radius 1 is 1.14 bits per heavy atom. The number of pyridine rings is 1. The SMILES string of the molecule is CC[C@H](c1cc(OC)c(-c2cc(Cl)ccc2-n2cc(C(F)(F)F)nn2)c[n+]1O)n1cc(-c2ccc(C(N)=O)c(F)c2)cn1. The van der Waals surface area contributed by atoms with E-state index in [-0.39, 0.29) is 22.0 Å². The summed E-state index contributed by atoms with van der Waals surface area (Å²) in [5.41, 5.74) is 5.97. The fraction of sp³-hybridized carbons (Fsp3) is 0.179. The average Bonchev–Trinajstić information content (AvgIpc) is 3.65. The number of nitrogens with two attached hydrogens (primary N) is 1. The van der Waals surface area contributed by atoms with Crippen LogP contribution in [-0.4, -0.2) is 43.0 Å². The smallest absolute Gasteiger partial charge is 0.436 e. The third-order valence-corrected chi connectivity index (χ3v) is 7.01. The second-order valence-electron chi connectivity index (χ2n) is 9.42. The Morgan fingerprint density at radius 2 is 1.91 bits per heavy atom. The van der Waals surface area contributed by atoms with E-state index in [1.165, 1.54) is 49.8 Å². The summed E-state index contributed by atoms with van der Waals surface area (Å²) >= 11 is 6.24. The number of primary amides is 1. The summed E-state index contributed by atoms with van der Waals surface area (Å²) in [4.78, 5) is 11.4. The number of alkyl halides is 3. The molecule has 15 heteroatoms. The zero-order valence-electron chi connectivity index (χ0n) is 22.5. The molecule has 0 spiro atoms. The van der Waals surface area contributed by atoms with Gasteiger partial charge in [0.1, 0.15) is 17.6 Å². The number of carbonyl (C=O) groups is 1. The van der Waals surface area contributed by atoms with Crippen molar-refractivity contribution in [2.75, 3.05) is 7.11 Å². The first-order chi connectivity index (χ1) is 20.4. The minimum Gasteiger partial charge on any atom is -0.496 e. The van der Waals surface area contributed by atoms with Gasteiger partial charge in [-0.05, 0) is 42.3 Å². The highest BCUT2D eigenvalue weighted by atomic mass is 35.5. The van der Waals surface area contributed by atoms with Crippen LogP contribution in [0.5, 0.6) is 5.75 Å². The van der Waals surface area contributed by atoms with E-state index in [4.69, 9.17) is 22.1 Å². The predicted octanol–water partition coefficient (Wildman–Crippen LogP) is 5.24. The van der Waals surface area contributed by atoms with Gasteiger partial charge in [0.15, 0.2) is 5.69 Å². The van der Waals surface area contributed by atoms with Crippen molar-refractivity contribution in [2.24, 2.45) is 5.73 Å². The summed E-state index contributed by atoms with van der Waals surface area (Å²) in [6.07, 6.45) is 1.03. The number of carbonyl (C=O) groups excluding carboxylic acids is 1. The molecule has 0 saturated heterocycles. The van der Waals surface area contributed by atoms with Crippen molar-refractivity contribution in [3.8, 4) is 33.7 Å². The van der Waals surface area contributed by atoms with Gasteiger partial charge in [-0.1, -0.05) is 29.8 Å². The quantitative estimate of drug-likeness (QED) is 0.140. The first kappa shape index (κ1) is 29.5. The van der Waals surface area contributed by atoms with Gasteiger partial charge in [0.25, 0.3) is 11.6 Å². The van der Waals surface area contributed by atoms with E-state index >= 15 is 0 Å². The molecule has 2 aromatic carbocycles.